The number of rotatable bonds is 9. The molecule has 0 amide bonds. The Kier molecular flexibility index (Phi) is 8.49. The number of ether oxygens (including phenoxy) is 1. The van der Waals surface area contributed by atoms with Gasteiger partial charge in [0, 0.05) is 39.5 Å². The first-order valence-corrected chi connectivity index (χ1v) is 9.08. The molecule has 140 valence electrons. The molecular weight excluding hydrogens is 324 g/mol. The molecule has 0 aliphatic rings. The molecule has 0 spiro atoms. The molecule has 0 fully saturated rings. The number of aliphatic imine (C=N–C) groups is 1. The fourth-order valence-corrected chi connectivity index (χ4v) is 2.59. The molecule has 0 saturated carbocycles. The second-order valence-electron chi connectivity index (χ2n) is 6.13. The molecule has 0 unspecified atom stereocenters. The molecule has 2 aromatic carbocycles. The van der Waals surface area contributed by atoms with Crippen molar-refractivity contribution in [2.24, 2.45) is 4.99 Å². The number of benzene rings is 2. The summed E-state index contributed by atoms with van der Waals surface area (Å²) in [7, 11) is 3.77. The van der Waals surface area contributed by atoms with E-state index in [1.165, 1.54) is 11.1 Å². The largest absolute Gasteiger partial charge is 0.383 e. The Balaban J connectivity index is 1.95. The first-order valence-electron chi connectivity index (χ1n) is 9.08. The number of hydrogen-bond donors (Lipinski definition) is 2. The SMILES string of the molecule is CCNC(=NCc1ccc(NCCOC)cc1)N(C)Cc1ccccc1. The van der Waals surface area contributed by atoms with Gasteiger partial charge in [0.2, 0.25) is 0 Å². The van der Waals surface area contributed by atoms with E-state index in [1.807, 2.05) is 6.07 Å². The summed E-state index contributed by atoms with van der Waals surface area (Å²) < 4.78 is 5.05. The van der Waals surface area contributed by atoms with Crippen LogP contribution in [0.3, 0.4) is 0 Å². The quantitative estimate of drug-likeness (QED) is 0.412. The molecule has 26 heavy (non-hydrogen) atoms. The molecule has 2 rings (SSSR count). The van der Waals surface area contributed by atoms with E-state index in [0.717, 1.165) is 31.3 Å². The van der Waals surface area contributed by atoms with Gasteiger partial charge in [-0.2, -0.15) is 0 Å². The highest BCUT2D eigenvalue weighted by Gasteiger charge is 2.06. The summed E-state index contributed by atoms with van der Waals surface area (Å²) >= 11 is 0. The Bertz CT molecular complexity index is 655. The molecule has 0 aromatic heterocycles. The molecule has 0 saturated heterocycles. The molecule has 2 N–H and O–H groups in total. The smallest absolute Gasteiger partial charge is 0.194 e. The number of nitrogens with zero attached hydrogens (tertiary/aromatic N) is 2. The number of hydrogen-bond acceptors (Lipinski definition) is 3. The zero-order valence-electron chi connectivity index (χ0n) is 16.0. The third-order valence-electron chi connectivity index (χ3n) is 3.96. The number of anilines is 1. The monoisotopic (exact) mass is 354 g/mol. The van der Waals surface area contributed by atoms with Gasteiger partial charge in [-0.05, 0) is 30.2 Å². The van der Waals surface area contributed by atoms with Crippen LogP contribution in [0.15, 0.2) is 59.6 Å². The Morgan fingerprint density at radius 3 is 2.42 bits per heavy atom. The topological polar surface area (TPSA) is 48.9 Å². The first-order chi connectivity index (χ1) is 12.7. The highest BCUT2D eigenvalue weighted by molar-refractivity contribution is 5.79. The van der Waals surface area contributed by atoms with Crippen LogP contribution in [0, 0.1) is 0 Å². The molecular formula is C21H30N4O. The van der Waals surface area contributed by atoms with E-state index in [0.29, 0.717) is 13.2 Å². The van der Waals surface area contributed by atoms with Crippen LogP contribution in [0.1, 0.15) is 18.1 Å². The van der Waals surface area contributed by atoms with Gasteiger partial charge >= 0.3 is 0 Å². The fraction of sp³-hybridized carbons (Fsp3) is 0.381. The second-order valence-corrected chi connectivity index (χ2v) is 6.13. The van der Waals surface area contributed by atoms with Gasteiger partial charge in [-0.25, -0.2) is 4.99 Å². The minimum Gasteiger partial charge on any atom is -0.383 e. The van der Waals surface area contributed by atoms with Crippen LogP contribution in [0.25, 0.3) is 0 Å². The standard InChI is InChI=1S/C21H30N4O/c1-4-22-21(25(2)17-19-8-6-5-7-9-19)24-16-18-10-12-20(13-11-18)23-14-15-26-3/h5-13,23H,4,14-17H2,1-3H3,(H,22,24). The summed E-state index contributed by atoms with van der Waals surface area (Å²) in [6.45, 7) is 5.93. The lowest BCUT2D eigenvalue weighted by molar-refractivity contribution is 0.211. The van der Waals surface area contributed by atoms with E-state index < -0.39 is 0 Å². The molecule has 0 heterocycles. The minimum absolute atomic E-state index is 0.653. The highest BCUT2D eigenvalue weighted by atomic mass is 16.5. The van der Waals surface area contributed by atoms with E-state index in [1.54, 1.807) is 7.11 Å². The van der Waals surface area contributed by atoms with E-state index >= 15 is 0 Å². The zero-order valence-corrected chi connectivity index (χ0v) is 16.0. The lowest BCUT2D eigenvalue weighted by atomic mass is 10.2. The minimum atomic E-state index is 0.653. The van der Waals surface area contributed by atoms with Gasteiger partial charge in [0.25, 0.3) is 0 Å². The summed E-state index contributed by atoms with van der Waals surface area (Å²) in [5.41, 5.74) is 3.56. The third kappa shape index (κ3) is 6.76. The van der Waals surface area contributed by atoms with E-state index in [9.17, 15) is 0 Å². The van der Waals surface area contributed by atoms with E-state index in [-0.39, 0.29) is 0 Å². The van der Waals surface area contributed by atoms with Crippen molar-refractivity contribution in [3.05, 3.63) is 65.7 Å². The Morgan fingerprint density at radius 2 is 1.77 bits per heavy atom. The first kappa shape index (κ1) is 19.8. The Labute approximate surface area is 157 Å². The van der Waals surface area contributed by atoms with Crippen molar-refractivity contribution in [1.82, 2.24) is 10.2 Å². The molecule has 0 aliphatic heterocycles. The number of methoxy groups -OCH3 is 1. The van der Waals surface area contributed by atoms with E-state index in [2.05, 4.69) is 78.0 Å². The summed E-state index contributed by atoms with van der Waals surface area (Å²) in [6.07, 6.45) is 0. The lowest BCUT2D eigenvalue weighted by Crippen LogP contribution is -2.38. The predicted molar refractivity (Wildman–Crippen MR) is 110 cm³/mol. The van der Waals surface area contributed by atoms with Crippen LogP contribution in [-0.4, -0.2) is 44.7 Å². The van der Waals surface area contributed by atoms with Gasteiger partial charge in [-0.3, -0.25) is 0 Å². The highest BCUT2D eigenvalue weighted by Crippen LogP contribution is 2.10. The van der Waals surface area contributed by atoms with Gasteiger partial charge < -0.3 is 20.3 Å². The molecule has 0 atom stereocenters. The summed E-state index contributed by atoms with van der Waals surface area (Å²) in [5.74, 6) is 0.915. The van der Waals surface area contributed by atoms with Gasteiger partial charge in [0.15, 0.2) is 5.96 Å². The number of nitrogens with one attached hydrogen (secondary N) is 2. The van der Waals surface area contributed by atoms with Crippen molar-refractivity contribution in [2.45, 2.75) is 20.0 Å². The maximum absolute atomic E-state index is 5.05. The van der Waals surface area contributed by atoms with Crippen LogP contribution in [0.2, 0.25) is 0 Å². The van der Waals surface area contributed by atoms with Gasteiger partial charge in [0.05, 0.1) is 13.2 Å². The molecule has 5 heteroatoms. The molecule has 0 radical (unpaired) electrons. The van der Waals surface area contributed by atoms with Crippen molar-refractivity contribution >= 4 is 11.6 Å². The second kappa shape index (κ2) is 11.2. The maximum Gasteiger partial charge on any atom is 0.194 e. The fourth-order valence-electron chi connectivity index (χ4n) is 2.59. The lowest BCUT2D eigenvalue weighted by Gasteiger charge is -2.22. The third-order valence-corrected chi connectivity index (χ3v) is 3.96. The van der Waals surface area contributed by atoms with E-state index in [4.69, 9.17) is 9.73 Å². The van der Waals surface area contributed by atoms with Crippen molar-refractivity contribution in [3.8, 4) is 0 Å². The van der Waals surface area contributed by atoms with Crippen molar-refractivity contribution in [3.63, 3.8) is 0 Å². The predicted octanol–water partition coefficient (Wildman–Crippen LogP) is 3.34. The van der Waals surface area contributed by atoms with Gasteiger partial charge in [0.1, 0.15) is 0 Å². The average Bonchev–Trinajstić information content (AvgIpc) is 2.67. The molecule has 0 aliphatic carbocycles. The van der Waals surface area contributed by atoms with Crippen LogP contribution in [-0.2, 0) is 17.8 Å². The summed E-state index contributed by atoms with van der Waals surface area (Å²) in [6, 6.07) is 18.8. The van der Waals surface area contributed by atoms with Crippen molar-refractivity contribution in [2.75, 3.05) is 39.2 Å². The molecule has 0 bridgehead atoms. The van der Waals surface area contributed by atoms with Crippen molar-refractivity contribution < 1.29 is 4.74 Å². The zero-order chi connectivity index (χ0) is 18.6. The summed E-state index contributed by atoms with van der Waals surface area (Å²) in [4.78, 5) is 6.93. The van der Waals surface area contributed by atoms with Crippen LogP contribution >= 0.6 is 0 Å². The van der Waals surface area contributed by atoms with Gasteiger partial charge in [-0.1, -0.05) is 42.5 Å². The summed E-state index contributed by atoms with van der Waals surface area (Å²) in [5, 5.41) is 6.69. The molecule has 5 nitrogen and oxygen atoms in total. The average molecular weight is 354 g/mol. The van der Waals surface area contributed by atoms with Crippen LogP contribution in [0.5, 0.6) is 0 Å². The number of guanidine groups is 1. The maximum atomic E-state index is 5.05. The normalized spacial score (nSPS) is 11.3. The van der Waals surface area contributed by atoms with Crippen LogP contribution < -0.4 is 10.6 Å². The van der Waals surface area contributed by atoms with Crippen molar-refractivity contribution in [1.29, 1.82) is 0 Å². The Hall–Kier alpha value is -2.53. The van der Waals surface area contributed by atoms with Crippen LogP contribution in [0.4, 0.5) is 5.69 Å². The molecule has 2 aromatic rings. The van der Waals surface area contributed by atoms with Gasteiger partial charge in [-0.15, -0.1) is 0 Å². The Morgan fingerprint density at radius 1 is 1.04 bits per heavy atom.